The first kappa shape index (κ1) is 16.1. The highest BCUT2D eigenvalue weighted by atomic mass is 16.4. The lowest BCUT2D eigenvalue weighted by Gasteiger charge is -2.33. The van der Waals surface area contributed by atoms with Crippen molar-refractivity contribution in [1.82, 2.24) is 9.97 Å². The summed E-state index contributed by atoms with van der Waals surface area (Å²) >= 11 is 0. The minimum absolute atomic E-state index is 0.0150. The summed E-state index contributed by atoms with van der Waals surface area (Å²) in [5.41, 5.74) is 0.218. The molecule has 8 nitrogen and oxygen atoms in total. The number of nitrogens with one attached hydrogen (secondary N) is 3. The van der Waals surface area contributed by atoms with E-state index >= 15 is 0 Å². The number of carboxylic acids is 1. The van der Waals surface area contributed by atoms with Gasteiger partial charge in [0.1, 0.15) is 5.82 Å². The van der Waals surface area contributed by atoms with Crippen molar-refractivity contribution in [2.45, 2.75) is 25.2 Å². The third kappa shape index (κ3) is 2.38. The van der Waals surface area contributed by atoms with Gasteiger partial charge in [0.05, 0.1) is 11.1 Å². The van der Waals surface area contributed by atoms with Gasteiger partial charge in [-0.2, -0.15) is 0 Å². The summed E-state index contributed by atoms with van der Waals surface area (Å²) in [6.45, 7) is 0. The molecule has 2 heterocycles. The maximum atomic E-state index is 12.7. The summed E-state index contributed by atoms with van der Waals surface area (Å²) in [5.74, 6) is -1.91. The molecule has 0 radical (unpaired) electrons. The average molecular weight is 353 g/mol. The summed E-state index contributed by atoms with van der Waals surface area (Å²) in [4.78, 5) is 53.3. The van der Waals surface area contributed by atoms with Gasteiger partial charge in [0, 0.05) is 23.6 Å². The summed E-state index contributed by atoms with van der Waals surface area (Å²) in [5, 5.41) is 12.6. The molecule has 0 saturated heterocycles. The number of allylic oxidation sites excluding steroid dienone is 2. The molecule has 26 heavy (non-hydrogen) atoms. The van der Waals surface area contributed by atoms with E-state index in [-0.39, 0.29) is 22.7 Å². The summed E-state index contributed by atoms with van der Waals surface area (Å²) in [6.07, 6.45) is 1.57. The van der Waals surface area contributed by atoms with Crippen LogP contribution in [0.15, 0.2) is 45.1 Å². The molecule has 8 heteroatoms. The van der Waals surface area contributed by atoms with E-state index in [0.29, 0.717) is 36.1 Å². The largest absolute Gasteiger partial charge is 0.478 e. The van der Waals surface area contributed by atoms with Gasteiger partial charge < -0.3 is 10.4 Å². The number of carbonyl (C=O) groups is 2. The van der Waals surface area contributed by atoms with Crippen LogP contribution in [0.5, 0.6) is 0 Å². The zero-order valence-corrected chi connectivity index (χ0v) is 13.6. The smallest absolute Gasteiger partial charge is 0.335 e. The number of carbonyl (C=O) groups excluding carboxylic acids is 1. The van der Waals surface area contributed by atoms with Crippen molar-refractivity contribution in [2.75, 3.05) is 5.32 Å². The molecule has 4 N–H and O–H groups in total. The van der Waals surface area contributed by atoms with Crippen LogP contribution in [0.1, 0.15) is 46.7 Å². The molecule has 132 valence electrons. The van der Waals surface area contributed by atoms with E-state index in [9.17, 15) is 24.3 Å². The van der Waals surface area contributed by atoms with E-state index < -0.39 is 23.1 Å². The summed E-state index contributed by atoms with van der Waals surface area (Å²) in [6, 6.07) is 6.29. The van der Waals surface area contributed by atoms with Gasteiger partial charge >= 0.3 is 11.7 Å². The molecular formula is C18H15N3O5. The number of aromatic nitrogens is 2. The zero-order chi connectivity index (χ0) is 18.4. The Kier molecular flexibility index (Phi) is 3.61. The molecule has 1 aromatic carbocycles. The normalized spacial score (nSPS) is 18.8. The highest BCUT2D eigenvalue weighted by Crippen LogP contribution is 2.43. The standard InChI is InChI=1S/C18H15N3O5/c22-11-7-3-6-10-13(11)12(8-4-1-2-5-9(8)17(24)25)14-15(19-10)20-18(26)21-16(14)23/h1-2,4-5,12H,3,6-7H2,(H,24,25)(H3,19,20,21,23,26)/t12-/m0/s1. The molecule has 4 rings (SSSR count). The number of anilines is 1. The van der Waals surface area contributed by atoms with Gasteiger partial charge in [-0.25, -0.2) is 9.59 Å². The quantitative estimate of drug-likeness (QED) is 0.644. The second kappa shape index (κ2) is 5.83. The van der Waals surface area contributed by atoms with E-state index in [4.69, 9.17) is 0 Å². The van der Waals surface area contributed by atoms with Crippen LogP contribution >= 0.6 is 0 Å². The number of fused-ring (bicyclic) bond motifs is 1. The molecule has 0 bridgehead atoms. The molecule has 1 aliphatic heterocycles. The number of benzene rings is 1. The lowest BCUT2D eigenvalue weighted by Crippen LogP contribution is -2.36. The fourth-order valence-electron chi connectivity index (χ4n) is 3.75. The minimum Gasteiger partial charge on any atom is -0.478 e. The first-order valence-electron chi connectivity index (χ1n) is 8.19. The highest BCUT2D eigenvalue weighted by Gasteiger charge is 2.38. The highest BCUT2D eigenvalue weighted by molar-refractivity contribution is 6.02. The molecule has 1 aromatic heterocycles. The average Bonchev–Trinajstić information content (AvgIpc) is 2.60. The van der Waals surface area contributed by atoms with Crippen molar-refractivity contribution in [1.29, 1.82) is 0 Å². The Hall–Kier alpha value is -3.42. The van der Waals surface area contributed by atoms with Crippen LogP contribution in [0.3, 0.4) is 0 Å². The van der Waals surface area contributed by atoms with Gasteiger partial charge in [0.2, 0.25) is 0 Å². The monoisotopic (exact) mass is 353 g/mol. The van der Waals surface area contributed by atoms with Gasteiger partial charge in [-0.1, -0.05) is 18.2 Å². The van der Waals surface area contributed by atoms with Crippen molar-refractivity contribution < 1.29 is 14.7 Å². The van der Waals surface area contributed by atoms with Crippen LogP contribution < -0.4 is 16.6 Å². The number of rotatable bonds is 2. The predicted molar refractivity (Wildman–Crippen MR) is 92.4 cm³/mol. The Morgan fingerprint density at radius 2 is 1.85 bits per heavy atom. The van der Waals surface area contributed by atoms with E-state index in [0.717, 1.165) is 0 Å². The molecule has 2 aliphatic rings. The predicted octanol–water partition coefficient (Wildman–Crippen LogP) is 1.33. The number of hydrogen-bond acceptors (Lipinski definition) is 5. The third-order valence-electron chi connectivity index (χ3n) is 4.79. The molecule has 0 saturated carbocycles. The molecule has 0 amide bonds. The molecule has 0 fully saturated rings. The van der Waals surface area contributed by atoms with Crippen molar-refractivity contribution in [2.24, 2.45) is 0 Å². The van der Waals surface area contributed by atoms with Crippen LogP contribution in [-0.2, 0) is 4.79 Å². The number of Topliss-reactive ketones (excluding diaryl/α,β-unsaturated/α-hetero) is 1. The zero-order valence-electron chi connectivity index (χ0n) is 13.6. The Morgan fingerprint density at radius 3 is 2.62 bits per heavy atom. The van der Waals surface area contributed by atoms with E-state index in [1.54, 1.807) is 18.2 Å². The summed E-state index contributed by atoms with van der Waals surface area (Å²) < 4.78 is 0. The maximum absolute atomic E-state index is 12.7. The molecule has 2 aromatic rings. The van der Waals surface area contributed by atoms with Crippen LogP contribution in [0.2, 0.25) is 0 Å². The Morgan fingerprint density at radius 1 is 1.08 bits per heavy atom. The van der Waals surface area contributed by atoms with E-state index in [2.05, 4.69) is 15.3 Å². The molecular weight excluding hydrogens is 338 g/mol. The van der Waals surface area contributed by atoms with Crippen LogP contribution in [-0.4, -0.2) is 26.8 Å². The Balaban J connectivity index is 2.07. The molecule has 0 spiro atoms. The molecule has 0 unspecified atom stereocenters. The fraction of sp³-hybridized carbons (Fsp3) is 0.222. The lowest BCUT2D eigenvalue weighted by atomic mass is 9.75. The van der Waals surface area contributed by atoms with Crippen molar-refractivity contribution >= 4 is 17.6 Å². The fourth-order valence-corrected chi connectivity index (χ4v) is 3.75. The number of ketones is 1. The number of H-pyrrole nitrogens is 2. The van der Waals surface area contributed by atoms with Crippen molar-refractivity contribution in [3.8, 4) is 0 Å². The first-order valence-corrected chi connectivity index (χ1v) is 8.19. The number of aromatic amines is 2. The van der Waals surface area contributed by atoms with Gasteiger partial charge in [-0.3, -0.25) is 19.6 Å². The maximum Gasteiger partial charge on any atom is 0.335 e. The van der Waals surface area contributed by atoms with Gasteiger partial charge in [-0.05, 0) is 24.5 Å². The van der Waals surface area contributed by atoms with Crippen LogP contribution in [0.4, 0.5) is 5.82 Å². The second-order valence-corrected chi connectivity index (χ2v) is 6.32. The first-order chi connectivity index (χ1) is 12.5. The van der Waals surface area contributed by atoms with Gasteiger partial charge in [0.15, 0.2) is 5.78 Å². The number of carboxylic acid groups (broad SMARTS) is 1. The molecule has 1 aliphatic carbocycles. The topological polar surface area (TPSA) is 132 Å². The van der Waals surface area contributed by atoms with Crippen molar-refractivity contribution in [3.05, 3.63) is 73.1 Å². The lowest BCUT2D eigenvalue weighted by molar-refractivity contribution is -0.116. The number of hydrogen-bond donors (Lipinski definition) is 4. The number of aromatic carboxylic acids is 1. The third-order valence-corrected chi connectivity index (χ3v) is 4.79. The van der Waals surface area contributed by atoms with E-state index in [1.165, 1.54) is 6.07 Å². The summed E-state index contributed by atoms with van der Waals surface area (Å²) in [7, 11) is 0. The van der Waals surface area contributed by atoms with Gasteiger partial charge in [0.25, 0.3) is 5.56 Å². The second-order valence-electron chi connectivity index (χ2n) is 6.32. The SMILES string of the molecule is O=C1CCCC2=C1[C@H](c1ccccc1C(=O)O)c1c([nH]c(=O)[nH]c1=O)N2. The Labute approximate surface area is 146 Å². The van der Waals surface area contributed by atoms with Gasteiger partial charge in [-0.15, -0.1) is 0 Å². The van der Waals surface area contributed by atoms with E-state index in [1.807, 2.05) is 0 Å². The molecule has 1 atom stereocenters. The van der Waals surface area contributed by atoms with Crippen LogP contribution in [0, 0.1) is 0 Å². The Bertz CT molecular complexity index is 1090. The van der Waals surface area contributed by atoms with Crippen LogP contribution in [0.25, 0.3) is 0 Å². The minimum atomic E-state index is -1.15. The van der Waals surface area contributed by atoms with Crippen molar-refractivity contribution in [3.63, 3.8) is 0 Å².